The summed E-state index contributed by atoms with van der Waals surface area (Å²) >= 11 is 0. The summed E-state index contributed by atoms with van der Waals surface area (Å²) in [5, 5.41) is 0. The van der Waals surface area contributed by atoms with Gasteiger partial charge in [-0.05, 0) is 83.5 Å². The maximum Gasteiger partial charge on any atom is 0.306 e. The molecule has 0 aliphatic carbocycles. The van der Waals surface area contributed by atoms with Crippen LogP contribution >= 0.6 is 0 Å². The molecule has 0 aromatic rings. The van der Waals surface area contributed by atoms with Crippen LogP contribution in [0.25, 0.3) is 0 Å². The molecule has 1 atom stereocenters. The summed E-state index contributed by atoms with van der Waals surface area (Å²) in [6.07, 6.45) is 66.8. The highest BCUT2D eigenvalue weighted by Gasteiger charge is 2.19. The smallest absolute Gasteiger partial charge is 0.306 e. The second-order valence-electron chi connectivity index (χ2n) is 19.2. The number of hydrogen-bond donors (Lipinski definition) is 0. The second-order valence-corrected chi connectivity index (χ2v) is 19.2. The van der Waals surface area contributed by atoms with Crippen LogP contribution in [0, 0.1) is 0 Å². The van der Waals surface area contributed by atoms with E-state index < -0.39 is 6.10 Å². The molecular formula is C60H108O6. The minimum atomic E-state index is -0.790. The SMILES string of the molecule is CCCCC/C=C\C/C=C\C/C=C\CCCCC(=O)O[C@@H](COC(=O)CCCCCCCCCCCCCC)COC(=O)CCCCCCCCCCCCC/C=C\CCCCCCCC. The fourth-order valence-corrected chi connectivity index (χ4v) is 8.21. The van der Waals surface area contributed by atoms with Gasteiger partial charge in [-0.25, -0.2) is 0 Å². The van der Waals surface area contributed by atoms with Crippen molar-refractivity contribution in [3.05, 3.63) is 48.6 Å². The Morgan fingerprint density at radius 1 is 0.303 bits per heavy atom. The molecular weight excluding hydrogens is 817 g/mol. The number of allylic oxidation sites excluding steroid dienone is 8. The topological polar surface area (TPSA) is 78.9 Å². The minimum absolute atomic E-state index is 0.0856. The molecule has 0 bridgehead atoms. The molecule has 0 aromatic carbocycles. The van der Waals surface area contributed by atoms with Crippen LogP contribution in [0.15, 0.2) is 48.6 Å². The fraction of sp³-hybridized carbons (Fsp3) is 0.817. The van der Waals surface area contributed by atoms with Gasteiger partial charge in [0.2, 0.25) is 0 Å². The maximum absolute atomic E-state index is 12.8. The van der Waals surface area contributed by atoms with Crippen molar-refractivity contribution in [2.24, 2.45) is 0 Å². The first-order valence-corrected chi connectivity index (χ1v) is 28.6. The first-order valence-electron chi connectivity index (χ1n) is 28.6. The van der Waals surface area contributed by atoms with Crippen molar-refractivity contribution >= 4 is 17.9 Å². The van der Waals surface area contributed by atoms with E-state index in [1.807, 2.05) is 0 Å². The predicted octanol–water partition coefficient (Wildman–Crippen LogP) is 19.0. The van der Waals surface area contributed by atoms with E-state index in [1.54, 1.807) is 0 Å². The number of hydrogen-bond acceptors (Lipinski definition) is 6. The molecule has 0 saturated heterocycles. The van der Waals surface area contributed by atoms with Gasteiger partial charge < -0.3 is 14.2 Å². The van der Waals surface area contributed by atoms with Crippen LogP contribution in [0.3, 0.4) is 0 Å². The number of esters is 3. The Morgan fingerprint density at radius 3 is 0.924 bits per heavy atom. The van der Waals surface area contributed by atoms with E-state index in [0.29, 0.717) is 19.3 Å². The van der Waals surface area contributed by atoms with E-state index in [4.69, 9.17) is 14.2 Å². The highest BCUT2D eigenvalue weighted by atomic mass is 16.6. The Hall–Kier alpha value is -2.63. The summed E-state index contributed by atoms with van der Waals surface area (Å²) < 4.78 is 16.8. The minimum Gasteiger partial charge on any atom is -0.462 e. The van der Waals surface area contributed by atoms with Crippen molar-refractivity contribution in [1.29, 1.82) is 0 Å². The Balaban J connectivity index is 4.34. The van der Waals surface area contributed by atoms with E-state index in [-0.39, 0.29) is 37.5 Å². The van der Waals surface area contributed by atoms with Gasteiger partial charge in [-0.2, -0.15) is 0 Å². The fourth-order valence-electron chi connectivity index (χ4n) is 8.21. The first-order chi connectivity index (χ1) is 32.5. The lowest BCUT2D eigenvalue weighted by molar-refractivity contribution is -0.167. The summed E-state index contributed by atoms with van der Waals surface area (Å²) in [5.74, 6) is -0.913. The molecule has 0 rings (SSSR count). The largest absolute Gasteiger partial charge is 0.462 e. The van der Waals surface area contributed by atoms with E-state index in [9.17, 15) is 14.4 Å². The average Bonchev–Trinajstić information content (AvgIpc) is 3.31. The van der Waals surface area contributed by atoms with E-state index >= 15 is 0 Å². The lowest BCUT2D eigenvalue weighted by Gasteiger charge is -2.18. The van der Waals surface area contributed by atoms with Crippen molar-refractivity contribution in [2.75, 3.05) is 13.2 Å². The van der Waals surface area contributed by atoms with Crippen molar-refractivity contribution in [3.8, 4) is 0 Å². The van der Waals surface area contributed by atoms with Gasteiger partial charge in [0.15, 0.2) is 6.10 Å². The van der Waals surface area contributed by atoms with Gasteiger partial charge in [-0.1, -0.05) is 243 Å². The molecule has 0 unspecified atom stereocenters. The first kappa shape index (κ1) is 63.4. The Bertz CT molecular complexity index is 1150. The predicted molar refractivity (Wildman–Crippen MR) is 284 cm³/mol. The Labute approximate surface area is 409 Å². The normalized spacial score (nSPS) is 12.3. The van der Waals surface area contributed by atoms with Gasteiger partial charge in [0.25, 0.3) is 0 Å². The number of carbonyl (C=O) groups is 3. The van der Waals surface area contributed by atoms with Gasteiger partial charge in [-0.3, -0.25) is 14.4 Å². The Kier molecular flexibility index (Phi) is 52.8. The van der Waals surface area contributed by atoms with Gasteiger partial charge in [0.05, 0.1) is 0 Å². The molecule has 0 spiro atoms. The molecule has 0 aromatic heterocycles. The lowest BCUT2D eigenvalue weighted by atomic mass is 10.0. The van der Waals surface area contributed by atoms with Crippen LogP contribution in [0.1, 0.15) is 297 Å². The third kappa shape index (κ3) is 52.3. The molecule has 0 aliphatic rings. The third-order valence-electron chi connectivity index (χ3n) is 12.6. The highest BCUT2D eigenvalue weighted by molar-refractivity contribution is 5.71. The number of ether oxygens (including phenoxy) is 3. The zero-order chi connectivity index (χ0) is 47.9. The van der Waals surface area contributed by atoms with Crippen molar-refractivity contribution in [2.45, 2.75) is 303 Å². The molecule has 384 valence electrons. The Morgan fingerprint density at radius 2 is 0.545 bits per heavy atom. The summed E-state index contributed by atoms with van der Waals surface area (Å²) in [6, 6.07) is 0. The van der Waals surface area contributed by atoms with Gasteiger partial charge in [0, 0.05) is 19.3 Å². The molecule has 66 heavy (non-hydrogen) atoms. The molecule has 0 amide bonds. The molecule has 0 radical (unpaired) electrons. The number of carbonyl (C=O) groups excluding carboxylic acids is 3. The lowest BCUT2D eigenvalue weighted by Crippen LogP contribution is -2.30. The van der Waals surface area contributed by atoms with Crippen molar-refractivity contribution in [3.63, 3.8) is 0 Å². The van der Waals surface area contributed by atoms with Crippen LogP contribution < -0.4 is 0 Å². The summed E-state index contributed by atoms with van der Waals surface area (Å²) in [4.78, 5) is 38.1. The number of rotatable bonds is 52. The molecule has 0 fully saturated rings. The van der Waals surface area contributed by atoms with Crippen molar-refractivity contribution in [1.82, 2.24) is 0 Å². The maximum atomic E-state index is 12.8. The summed E-state index contributed by atoms with van der Waals surface area (Å²) in [7, 11) is 0. The van der Waals surface area contributed by atoms with Crippen LogP contribution in [0.4, 0.5) is 0 Å². The zero-order valence-corrected chi connectivity index (χ0v) is 44.0. The summed E-state index contributed by atoms with van der Waals surface area (Å²) in [5.41, 5.74) is 0. The van der Waals surface area contributed by atoms with Crippen LogP contribution in [0.2, 0.25) is 0 Å². The quantitative estimate of drug-likeness (QED) is 0.0262. The second kappa shape index (κ2) is 55.0. The number of unbranched alkanes of at least 4 members (excludes halogenated alkanes) is 33. The zero-order valence-electron chi connectivity index (χ0n) is 44.0. The van der Waals surface area contributed by atoms with E-state index in [2.05, 4.69) is 69.4 Å². The van der Waals surface area contributed by atoms with Gasteiger partial charge in [-0.15, -0.1) is 0 Å². The molecule has 0 N–H and O–H groups in total. The van der Waals surface area contributed by atoms with E-state index in [0.717, 1.165) is 64.2 Å². The molecule has 0 aliphatic heterocycles. The molecule has 0 saturated carbocycles. The van der Waals surface area contributed by atoms with Gasteiger partial charge >= 0.3 is 17.9 Å². The van der Waals surface area contributed by atoms with Gasteiger partial charge in [0.1, 0.15) is 13.2 Å². The monoisotopic (exact) mass is 925 g/mol. The highest BCUT2D eigenvalue weighted by Crippen LogP contribution is 2.16. The molecule has 6 nitrogen and oxygen atoms in total. The van der Waals surface area contributed by atoms with Crippen LogP contribution in [-0.2, 0) is 28.6 Å². The van der Waals surface area contributed by atoms with Crippen LogP contribution in [-0.4, -0.2) is 37.2 Å². The summed E-state index contributed by atoms with van der Waals surface area (Å²) in [6.45, 7) is 6.60. The van der Waals surface area contributed by atoms with Crippen LogP contribution in [0.5, 0.6) is 0 Å². The average molecular weight is 926 g/mol. The third-order valence-corrected chi connectivity index (χ3v) is 12.6. The standard InChI is InChI=1S/C60H108O6/c1-4-7-10-13-16-19-22-25-27-28-29-30-31-32-34-35-38-41-44-47-50-53-59(62)65-56-57(55-64-58(61)52-49-46-43-40-37-24-21-18-15-12-9-6-3)66-60(63)54-51-48-45-42-39-36-33-26-23-20-17-14-11-8-5-2/h17,20,25-27,33,39,42,57H,4-16,18-19,21-24,28-32,34-38,40-41,43-56H2,1-3H3/b20-17-,27-25-,33-26-,42-39-/t57-/m0/s1. The van der Waals surface area contributed by atoms with E-state index in [1.165, 1.54) is 186 Å². The van der Waals surface area contributed by atoms with Crippen molar-refractivity contribution < 1.29 is 28.6 Å². The molecule has 0 heterocycles. The molecule has 6 heteroatoms.